The van der Waals surface area contributed by atoms with Crippen LogP contribution in [0.4, 0.5) is 17.6 Å². The van der Waals surface area contributed by atoms with E-state index in [4.69, 9.17) is 13.9 Å². The lowest BCUT2D eigenvalue weighted by Crippen LogP contribution is -2.48. The summed E-state index contributed by atoms with van der Waals surface area (Å²) in [5.74, 6) is -0.290. The van der Waals surface area contributed by atoms with Gasteiger partial charge in [-0.2, -0.15) is 0 Å². The molecule has 2 fully saturated rings. The molecular formula is C20H18F4N4O5. The number of alkyl halides is 3. The van der Waals surface area contributed by atoms with Gasteiger partial charge in [0.15, 0.2) is 12.7 Å². The van der Waals surface area contributed by atoms with Crippen LogP contribution in [-0.4, -0.2) is 59.6 Å². The fourth-order valence-corrected chi connectivity index (χ4v) is 3.84. The molecule has 176 valence electrons. The van der Waals surface area contributed by atoms with Gasteiger partial charge in [0.25, 0.3) is 5.91 Å². The summed E-state index contributed by atoms with van der Waals surface area (Å²) in [5.41, 5.74) is 0.725. The number of aliphatic imine (C=N–C) groups is 1. The average Bonchev–Trinajstić information content (AvgIpc) is 3.40. The molecule has 1 aliphatic carbocycles. The smallest absolute Gasteiger partial charge is 0.484 e. The Hall–Kier alpha value is -3.06. The van der Waals surface area contributed by atoms with E-state index in [1.807, 2.05) is 0 Å². The lowest BCUT2D eigenvalue weighted by Gasteiger charge is -2.32. The first-order valence-corrected chi connectivity index (χ1v) is 10.2. The second-order valence-corrected chi connectivity index (χ2v) is 7.95. The van der Waals surface area contributed by atoms with Gasteiger partial charge < -0.3 is 19.2 Å². The van der Waals surface area contributed by atoms with Crippen LogP contribution in [0.1, 0.15) is 36.6 Å². The summed E-state index contributed by atoms with van der Waals surface area (Å²) < 4.78 is 70.3. The van der Waals surface area contributed by atoms with E-state index in [9.17, 15) is 22.4 Å². The minimum absolute atomic E-state index is 0.130. The Morgan fingerprint density at radius 2 is 1.88 bits per heavy atom. The number of hydrogen-bond donors (Lipinski definition) is 1. The quantitative estimate of drug-likeness (QED) is 0.620. The molecule has 0 spiro atoms. The molecule has 5 rings (SSSR count). The number of halogens is 4. The molecule has 0 unspecified atom stereocenters. The number of carbonyl (C=O) groups is 1. The molecule has 2 aromatic rings. The van der Waals surface area contributed by atoms with Crippen molar-refractivity contribution in [2.45, 2.75) is 49.4 Å². The minimum atomic E-state index is -4.66. The van der Waals surface area contributed by atoms with Gasteiger partial charge in [0.05, 0.1) is 24.5 Å². The van der Waals surface area contributed by atoms with Crippen molar-refractivity contribution >= 4 is 11.6 Å². The molecule has 3 heterocycles. The lowest BCUT2D eigenvalue weighted by atomic mass is 9.82. The van der Waals surface area contributed by atoms with Crippen molar-refractivity contribution in [2.75, 3.05) is 13.2 Å². The Morgan fingerprint density at radius 3 is 2.61 bits per heavy atom. The maximum Gasteiger partial charge on any atom is 0.522 e. The summed E-state index contributed by atoms with van der Waals surface area (Å²) in [6.07, 6.45) is -5.89. The predicted molar refractivity (Wildman–Crippen MR) is 101 cm³/mol. The summed E-state index contributed by atoms with van der Waals surface area (Å²) in [6, 6.07) is 4.53. The highest BCUT2D eigenvalue weighted by molar-refractivity contribution is 6.07. The first-order chi connectivity index (χ1) is 15.7. The molecule has 0 bridgehead atoms. The minimum Gasteiger partial charge on any atom is -0.484 e. The second kappa shape index (κ2) is 8.37. The molecule has 3 aliphatic rings. The summed E-state index contributed by atoms with van der Waals surface area (Å²) in [7, 11) is 0. The van der Waals surface area contributed by atoms with Gasteiger partial charge >= 0.3 is 6.36 Å². The molecule has 1 aromatic carbocycles. The zero-order valence-electron chi connectivity index (χ0n) is 16.9. The van der Waals surface area contributed by atoms with Crippen molar-refractivity contribution in [2.24, 2.45) is 4.99 Å². The van der Waals surface area contributed by atoms with E-state index in [-0.39, 0.29) is 55.7 Å². The SMILES string of the molecule is O=C(COc1ccc(F)cc1)N[C@H]1CO[C@H](c2nnc(C3CC(OC(F)(F)F)C3)o2)[C@@H]2N=C12. The molecule has 9 nitrogen and oxygen atoms in total. The fourth-order valence-electron chi connectivity index (χ4n) is 3.84. The number of nitrogens with zero attached hydrogens (tertiary/aromatic N) is 3. The van der Waals surface area contributed by atoms with E-state index < -0.39 is 30.4 Å². The van der Waals surface area contributed by atoms with Gasteiger partial charge in [-0.25, -0.2) is 4.39 Å². The maximum atomic E-state index is 12.9. The van der Waals surface area contributed by atoms with Crippen molar-refractivity contribution in [1.82, 2.24) is 15.5 Å². The number of benzene rings is 1. The molecule has 13 heteroatoms. The van der Waals surface area contributed by atoms with Crippen LogP contribution in [-0.2, 0) is 14.3 Å². The molecule has 1 saturated carbocycles. The molecule has 1 aromatic heterocycles. The van der Waals surface area contributed by atoms with Crippen LogP contribution in [0.5, 0.6) is 5.75 Å². The topological polar surface area (TPSA) is 108 Å². The number of rotatable bonds is 7. The van der Waals surface area contributed by atoms with Crippen LogP contribution in [0.15, 0.2) is 33.7 Å². The molecule has 3 atom stereocenters. The largest absolute Gasteiger partial charge is 0.522 e. The number of ether oxygens (including phenoxy) is 3. The van der Waals surface area contributed by atoms with Crippen LogP contribution < -0.4 is 10.1 Å². The summed E-state index contributed by atoms with van der Waals surface area (Å²) in [6.45, 7) is -0.123. The first-order valence-electron chi connectivity index (χ1n) is 10.2. The third-order valence-electron chi connectivity index (χ3n) is 5.57. The van der Waals surface area contributed by atoms with Gasteiger partial charge in [-0.1, -0.05) is 0 Å². The average molecular weight is 470 g/mol. The molecule has 2 aliphatic heterocycles. The standard InChI is InChI=1S/C20H18F4N4O5/c21-10-1-3-11(4-2-10)30-8-14(29)25-13-7-31-17(16-15(13)26-16)19-28-27-18(32-19)9-5-12(6-9)33-20(22,23)24/h1-4,9,12-13,16-17H,5-8H2,(H,25,29)/t9?,12?,13-,16+,17-/m0/s1. The first kappa shape index (κ1) is 21.8. The summed E-state index contributed by atoms with van der Waals surface area (Å²) >= 11 is 0. The highest BCUT2D eigenvalue weighted by atomic mass is 19.4. The fraction of sp³-hybridized carbons (Fsp3) is 0.500. The number of carbonyl (C=O) groups excluding carboxylic acids is 1. The van der Waals surface area contributed by atoms with Gasteiger partial charge in [0.1, 0.15) is 17.6 Å². The van der Waals surface area contributed by atoms with Gasteiger partial charge in [0.2, 0.25) is 11.8 Å². The second-order valence-electron chi connectivity index (χ2n) is 7.95. The van der Waals surface area contributed by atoms with E-state index in [2.05, 4.69) is 25.2 Å². The van der Waals surface area contributed by atoms with E-state index in [0.29, 0.717) is 5.75 Å². The summed E-state index contributed by atoms with van der Waals surface area (Å²) in [4.78, 5) is 16.5. The van der Waals surface area contributed by atoms with Crippen LogP contribution in [0.3, 0.4) is 0 Å². The van der Waals surface area contributed by atoms with Crippen molar-refractivity contribution in [3.05, 3.63) is 41.9 Å². The highest BCUT2D eigenvalue weighted by Gasteiger charge is 2.49. The normalized spacial score (nSPS) is 28.4. The number of nitrogens with one attached hydrogen (secondary N) is 1. The van der Waals surface area contributed by atoms with Crippen molar-refractivity contribution < 1.29 is 41.0 Å². The number of hydrogen-bond acceptors (Lipinski definition) is 8. The number of amides is 1. The number of aromatic nitrogens is 2. The van der Waals surface area contributed by atoms with Crippen LogP contribution in [0.2, 0.25) is 0 Å². The van der Waals surface area contributed by atoms with Crippen molar-refractivity contribution in [1.29, 1.82) is 0 Å². The van der Waals surface area contributed by atoms with Crippen molar-refractivity contribution in [3.63, 3.8) is 0 Å². The van der Waals surface area contributed by atoms with Crippen LogP contribution in [0.25, 0.3) is 0 Å². The van der Waals surface area contributed by atoms with Gasteiger partial charge in [0, 0.05) is 5.92 Å². The Kier molecular flexibility index (Phi) is 5.52. The Balaban J connectivity index is 1.08. The Morgan fingerprint density at radius 1 is 1.15 bits per heavy atom. The molecule has 0 radical (unpaired) electrons. The third-order valence-corrected chi connectivity index (χ3v) is 5.57. The van der Waals surface area contributed by atoms with E-state index in [1.165, 1.54) is 24.3 Å². The monoisotopic (exact) mass is 470 g/mol. The van der Waals surface area contributed by atoms with E-state index >= 15 is 0 Å². The van der Waals surface area contributed by atoms with Crippen LogP contribution in [0, 0.1) is 5.82 Å². The summed E-state index contributed by atoms with van der Waals surface area (Å²) in [5, 5.41) is 10.7. The van der Waals surface area contributed by atoms with Crippen LogP contribution >= 0.6 is 0 Å². The Bertz CT molecular complexity index is 1050. The van der Waals surface area contributed by atoms with E-state index in [1.54, 1.807) is 0 Å². The molecule has 33 heavy (non-hydrogen) atoms. The third kappa shape index (κ3) is 4.98. The molecule has 1 amide bonds. The van der Waals surface area contributed by atoms with E-state index in [0.717, 1.165) is 5.71 Å². The van der Waals surface area contributed by atoms with Gasteiger partial charge in [-0.05, 0) is 37.1 Å². The highest BCUT2D eigenvalue weighted by Crippen LogP contribution is 2.42. The lowest BCUT2D eigenvalue weighted by molar-refractivity contribution is -0.352. The maximum absolute atomic E-state index is 12.9. The molecule has 1 N–H and O–H groups in total. The molecule has 1 saturated heterocycles. The molecular weight excluding hydrogens is 452 g/mol. The Labute approximate surface area is 184 Å². The zero-order chi connectivity index (χ0) is 23.2. The van der Waals surface area contributed by atoms with Crippen molar-refractivity contribution in [3.8, 4) is 5.75 Å². The zero-order valence-corrected chi connectivity index (χ0v) is 16.9. The van der Waals surface area contributed by atoms with Gasteiger partial charge in [-0.15, -0.1) is 23.4 Å². The number of fused-ring (bicyclic) bond motifs is 1. The van der Waals surface area contributed by atoms with Gasteiger partial charge in [-0.3, -0.25) is 14.5 Å². The predicted octanol–water partition coefficient (Wildman–Crippen LogP) is 2.45.